The lowest BCUT2D eigenvalue weighted by Crippen LogP contribution is -2.19. The van der Waals surface area contributed by atoms with Gasteiger partial charge in [0.25, 0.3) is 0 Å². The first-order valence-corrected chi connectivity index (χ1v) is 9.01. The zero-order valence-corrected chi connectivity index (χ0v) is 15.3. The van der Waals surface area contributed by atoms with Crippen molar-refractivity contribution in [3.8, 4) is 34.3 Å². The molecule has 8 heteroatoms. The normalized spacial score (nSPS) is 16.5. The Morgan fingerprint density at radius 1 is 1.07 bits per heavy atom. The molecule has 1 saturated carbocycles. The van der Waals surface area contributed by atoms with E-state index in [1.807, 2.05) is 12.1 Å². The van der Waals surface area contributed by atoms with E-state index in [-0.39, 0.29) is 5.75 Å². The van der Waals surface area contributed by atoms with Gasteiger partial charge in [0.1, 0.15) is 23.5 Å². The molecule has 3 aromatic rings. The molecular formula is C20H18N6O2. The molecule has 5 rings (SSSR count). The lowest BCUT2D eigenvalue weighted by atomic mass is 10.1. The van der Waals surface area contributed by atoms with Gasteiger partial charge in [-0.05, 0) is 31.0 Å². The van der Waals surface area contributed by atoms with Crippen LogP contribution in [0.25, 0.3) is 22.6 Å². The molecule has 1 aliphatic carbocycles. The van der Waals surface area contributed by atoms with Crippen LogP contribution in [0.1, 0.15) is 12.8 Å². The van der Waals surface area contributed by atoms with E-state index in [2.05, 4.69) is 42.3 Å². The molecule has 0 saturated heterocycles. The highest BCUT2D eigenvalue weighted by Gasteiger charge is 2.44. The Morgan fingerprint density at radius 2 is 1.96 bits per heavy atom. The number of anilines is 1. The molecule has 0 aromatic carbocycles. The Morgan fingerprint density at radius 3 is 2.64 bits per heavy atom. The van der Waals surface area contributed by atoms with Crippen molar-refractivity contribution >= 4 is 5.82 Å². The summed E-state index contributed by atoms with van der Waals surface area (Å²) in [6, 6.07) is 7.00. The number of methoxy groups -OCH3 is 1. The predicted molar refractivity (Wildman–Crippen MR) is 103 cm³/mol. The molecule has 4 heterocycles. The standard InChI is InChI=1S/C20H18N6O2/c1-28-18-9-15(22-12-23-18)13-8-16(27)19(21-10-13)14-2-3-17(25-24-14)26-7-6-20(11-26)4-5-20/h2-3,6-10,12,27H,4-5,11H2,1H3. The van der Waals surface area contributed by atoms with E-state index < -0.39 is 0 Å². The maximum absolute atomic E-state index is 10.5. The summed E-state index contributed by atoms with van der Waals surface area (Å²) in [7, 11) is 1.54. The largest absolute Gasteiger partial charge is 0.506 e. The summed E-state index contributed by atoms with van der Waals surface area (Å²) >= 11 is 0. The molecule has 2 aliphatic rings. The van der Waals surface area contributed by atoms with Gasteiger partial charge in [0.2, 0.25) is 5.88 Å². The average Bonchev–Trinajstić information content (AvgIpc) is 3.37. The van der Waals surface area contributed by atoms with Crippen LogP contribution >= 0.6 is 0 Å². The fourth-order valence-electron chi connectivity index (χ4n) is 3.34. The van der Waals surface area contributed by atoms with Crippen molar-refractivity contribution in [1.29, 1.82) is 0 Å². The van der Waals surface area contributed by atoms with Crippen LogP contribution in [-0.2, 0) is 0 Å². The lowest BCUT2D eigenvalue weighted by Gasteiger charge is -2.16. The Labute approximate surface area is 161 Å². The van der Waals surface area contributed by atoms with Crippen molar-refractivity contribution in [2.75, 3.05) is 18.6 Å². The molecular weight excluding hydrogens is 356 g/mol. The van der Waals surface area contributed by atoms with Gasteiger partial charge in [0.05, 0.1) is 12.8 Å². The summed E-state index contributed by atoms with van der Waals surface area (Å²) < 4.78 is 5.11. The van der Waals surface area contributed by atoms with E-state index in [1.165, 1.54) is 26.3 Å². The molecule has 0 atom stereocenters. The van der Waals surface area contributed by atoms with Crippen molar-refractivity contribution in [2.24, 2.45) is 5.41 Å². The monoisotopic (exact) mass is 374 g/mol. The van der Waals surface area contributed by atoms with Gasteiger partial charge in [-0.15, -0.1) is 10.2 Å². The number of aromatic hydroxyl groups is 1. The molecule has 28 heavy (non-hydrogen) atoms. The van der Waals surface area contributed by atoms with Crippen molar-refractivity contribution in [1.82, 2.24) is 25.1 Å². The van der Waals surface area contributed by atoms with Gasteiger partial charge in [0, 0.05) is 36.0 Å². The number of hydrogen-bond donors (Lipinski definition) is 1. The Kier molecular flexibility index (Phi) is 3.71. The Balaban J connectivity index is 1.39. The molecule has 1 spiro atoms. The molecule has 8 nitrogen and oxygen atoms in total. The van der Waals surface area contributed by atoms with Crippen molar-refractivity contribution in [3.05, 3.63) is 49.1 Å². The van der Waals surface area contributed by atoms with E-state index in [1.54, 1.807) is 18.3 Å². The minimum absolute atomic E-state index is 0.00938. The first-order valence-electron chi connectivity index (χ1n) is 9.01. The third-order valence-corrected chi connectivity index (χ3v) is 5.19. The smallest absolute Gasteiger partial charge is 0.216 e. The summed E-state index contributed by atoms with van der Waals surface area (Å²) in [6.45, 7) is 0.960. The Hall–Kier alpha value is -3.55. The topological polar surface area (TPSA) is 97.2 Å². The fraction of sp³-hybridized carbons (Fsp3) is 0.250. The van der Waals surface area contributed by atoms with Crippen molar-refractivity contribution in [3.63, 3.8) is 0 Å². The van der Waals surface area contributed by atoms with E-state index in [9.17, 15) is 5.11 Å². The van der Waals surface area contributed by atoms with Gasteiger partial charge >= 0.3 is 0 Å². The van der Waals surface area contributed by atoms with Gasteiger partial charge in [-0.1, -0.05) is 6.08 Å². The number of aromatic nitrogens is 5. The van der Waals surface area contributed by atoms with Crippen molar-refractivity contribution in [2.45, 2.75) is 12.8 Å². The lowest BCUT2D eigenvalue weighted by molar-refractivity contribution is 0.397. The Bertz CT molecular complexity index is 1060. The first-order chi connectivity index (χ1) is 13.7. The highest BCUT2D eigenvalue weighted by atomic mass is 16.5. The molecule has 0 unspecified atom stereocenters. The average molecular weight is 374 g/mol. The zero-order valence-electron chi connectivity index (χ0n) is 15.3. The molecule has 0 amide bonds. The van der Waals surface area contributed by atoms with Gasteiger partial charge < -0.3 is 14.7 Å². The molecule has 1 fully saturated rings. The van der Waals surface area contributed by atoms with Crippen LogP contribution in [0.4, 0.5) is 5.82 Å². The maximum atomic E-state index is 10.5. The number of rotatable bonds is 4. The first kappa shape index (κ1) is 16.6. The third kappa shape index (κ3) is 2.92. The number of pyridine rings is 1. The molecule has 0 radical (unpaired) electrons. The van der Waals surface area contributed by atoms with Crippen LogP contribution in [0.3, 0.4) is 0 Å². The van der Waals surface area contributed by atoms with Crippen molar-refractivity contribution < 1.29 is 9.84 Å². The number of hydrogen-bond acceptors (Lipinski definition) is 8. The summed E-state index contributed by atoms with van der Waals surface area (Å²) in [5, 5.41) is 19.0. The second-order valence-electron chi connectivity index (χ2n) is 7.12. The molecule has 140 valence electrons. The van der Waals surface area contributed by atoms with Crippen LogP contribution in [0.2, 0.25) is 0 Å². The van der Waals surface area contributed by atoms with Crippen LogP contribution in [0.15, 0.2) is 49.1 Å². The second kappa shape index (κ2) is 6.26. The van der Waals surface area contributed by atoms with Crippen LogP contribution in [0, 0.1) is 5.41 Å². The third-order valence-electron chi connectivity index (χ3n) is 5.19. The zero-order chi connectivity index (χ0) is 19.1. The summed E-state index contributed by atoms with van der Waals surface area (Å²) in [6.07, 6.45) is 9.87. The van der Waals surface area contributed by atoms with E-state index in [0.29, 0.717) is 33.9 Å². The molecule has 1 aliphatic heterocycles. The second-order valence-corrected chi connectivity index (χ2v) is 7.12. The van der Waals surface area contributed by atoms with Gasteiger partial charge in [-0.25, -0.2) is 15.0 Å². The van der Waals surface area contributed by atoms with Gasteiger partial charge in [0.15, 0.2) is 5.82 Å². The van der Waals surface area contributed by atoms with Crippen LogP contribution in [0.5, 0.6) is 11.6 Å². The summed E-state index contributed by atoms with van der Waals surface area (Å²) in [4.78, 5) is 14.6. The number of nitrogens with zero attached hydrogens (tertiary/aromatic N) is 6. The number of ether oxygens (including phenoxy) is 1. The van der Waals surface area contributed by atoms with E-state index >= 15 is 0 Å². The van der Waals surface area contributed by atoms with Gasteiger partial charge in [-0.2, -0.15) is 0 Å². The highest BCUT2D eigenvalue weighted by molar-refractivity contribution is 5.69. The minimum atomic E-state index is 0.00938. The van der Waals surface area contributed by atoms with Gasteiger partial charge in [-0.3, -0.25) is 0 Å². The van der Waals surface area contributed by atoms with E-state index in [4.69, 9.17) is 4.74 Å². The SMILES string of the molecule is COc1cc(-c2cnc(-c3ccc(N4C=CC5(CC5)C4)nn3)c(O)c2)ncn1. The molecule has 0 bridgehead atoms. The predicted octanol–water partition coefficient (Wildman–Crippen LogP) is 2.82. The molecule has 1 N–H and O–H groups in total. The minimum Gasteiger partial charge on any atom is -0.506 e. The highest BCUT2D eigenvalue weighted by Crippen LogP contribution is 2.51. The summed E-state index contributed by atoms with van der Waals surface area (Å²) in [5.74, 6) is 1.25. The van der Waals surface area contributed by atoms with Crippen LogP contribution in [-0.4, -0.2) is 43.9 Å². The van der Waals surface area contributed by atoms with Crippen LogP contribution < -0.4 is 9.64 Å². The summed E-state index contributed by atoms with van der Waals surface area (Å²) in [5.41, 5.74) is 2.51. The quantitative estimate of drug-likeness (QED) is 0.745. The van der Waals surface area contributed by atoms with E-state index in [0.717, 1.165) is 12.4 Å². The maximum Gasteiger partial charge on any atom is 0.216 e. The fourth-order valence-corrected chi connectivity index (χ4v) is 3.34. The molecule has 3 aromatic heterocycles.